The van der Waals surface area contributed by atoms with Crippen molar-refractivity contribution >= 4 is 35.0 Å². The van der Waals surface area contributed by atoms with E-state index < -0.39 is 0 Å². The maximum atomic E-state index is 12.7. The van der Waals surface area contributed by atoms with E-state index in [9.17, 15) is 9.59 Å². The normalized spacial score (nSPS) is 16.6. The van der Waals surface area contributed by atoms with Crippen molar-refractivity contribution < 1.29 is 4.79 Å². The first-order chi connectivity index (χ1) is 18.3. The van der Waals surface area contributed by atoms with Crippen LogP contribution in [0.1, 0.15) is 16.8 Å². The summed E-state index contributed by atoms with van der Waals surface area (Å²) in [5, 5.41) is 3.53. The SMILES string of the molecule is Cc1ccc(N2CCN(Cc3cc(=O)[nH]c(N4CCN(C(=O)Nc5ccc(Cl)cc5)CC4)n3)CC2)cc1C. The molecule has 0 radical (unpaired) electrons. The van der Waals surface area contributed by atoms with Crippen molar-refractivity contribution in [3.05, 3.63) is 80.7 Å². The van der Waals surface area contributed by atoms with Crippen LogP contribution in [0.5, 0.6) is 0 Å². The highest BCUT2D eigenvalue weighted by atomic mass is 35.5. The van der Waals surface area contributed by atoms with E-state index in [-0.39, 0.29) is 11.6 Å². The number of aromatic nitrogens is 2. The van der Waals surface area contributed by atoms with Gasteiger partial charge < -0.3 is 20.0 Å². The molecule has 2 saturated heterocycles. The molecule has 0 unspecified atom stereocenters. The van der Waals surface area contributed by atoms with Crippen molar-refractivity contribution in [1.29, 1.82) is 0 Å². The summed E-state index contributed by atoms with van der Waals surface area (Å²) in [5.74, 6) is 0.569. The second-order valence-electron chi connectivity index (χ2n) is 10.0. The van der Waals surface area contributed by atoms with Crippen LogP contribution in [0.4, 0.5) is 22.1 Å². The molecule has 0 atom stereocenters. The highest BCUT2D eigenvalue weighted by molar-refractivity contribution is 6.30. The Morgan fingerprint density at radius 3 is 2.26 bits per heavy atom. The molecule has 3 heterocycles. The summed E-state index contributed by atoms with van der Waals surface area (Å²) in [5.41, 5.74) is 5.22. The Hall–Kier alpha value is -3.56. The zero-order chi connectivity index (χ0) is 26.6. The predicted molar refractivity (Wildman–Crippen MR) is 153 cm³/mol. The third-order valence-electron chi connectivity index (χ3n) is 7.36. The average molecular weight is 536 g/mol. The second kappa shape index (κ2) is 11.4. The minimum absolute atomic E-state index is 0.151. The van der Waals surface area contributed by atoms with Crippen molar-refractivity contribution in [2.24, 2.45) is 0 Å². The predicted octanol–water partition coefficient (Wildman–Crippen LogP) is 3.72. The van der Waals surface area contributed by atoms with E-state index in [1.807, 2.05) is 4.90 Å². The topological polar surface area (TPSA) is 87.8 Å². The molecule has 3 aromatic rings. The number of urea groups is 1. The zero-order valence-electron chi connectivity index (χ0n) is 21.9. The van der Waals surface area contributed by atoms with Crippen molar-refractivity contribution in [1.82, 2.24) is 19.8 Å². The number of carbonyl (C=O) groups excluding carboxylic acids is 1. The summed E-state index contributed by atoms with van der Waals surface area (Å²) in [4.78, 5) is 41.3. The first-order valence-corrected chi connectivity index (χ1v) is 13.4. The smallest absolute Gasteiger partial charge is 0.321 e. The fourth-order valence-corrected chi connectivity index (χ4v) is 5.02. The summed E-state index contributed by atoms with van der Waals surface area (Å²) in [6, 6.07) is 15.1. The molecule has 9 nitrogen and oxygen atoms in total. The van der Waals surface area contributed by atoms with Gasteiger partial charge in [-0.1, -0.05) is 17.7 Å². The van der Waals surface area contributed by atoms with Gasteiger partial charge in [0, 0.05) is 81.4 Å². The average Bonchev–Trinajstić information content (AvgIpc) is 2.92. The van der Waals surface area contributed by atoms with E-state index in [0.717, 1.165) is 31.9 Å². The Labute approximate surface area is 228 Å². The van der Waals surface area contributed by atoms with Crippen molar-refractivity contribution in [2.45, 2.75) is 20.4 Å². The number of aryl methyl sites for hydroxylation is 2. The van der Waals surface area contributed by atoms with E-state index in [2.05, 4.69) is 52.1 Å². The summed E-state index contributed by atoms with van der Waals surface area (Å²) in [6.45, 7) is 10.9. The van der Waals surface area contributed by atoms with Crippen LogP contribution in [0.3, 0.4) is 0 Å². The second-order valence-corrected chi connectivity index (χ2v) is 10.4. The van der Waals surface area contributed by atoms with Crippen LogP contribution in [0, 0.1) is 13.8 Å². The maximum Gasteiger partial charge on any atom is 0.321 e. The Balaban J connectivity index is 1.14. The van der Waals surface area contributed by atoms with E-state index in [0.29, 0.717) is 49.4 Å². The Morgan fingerprint density at radius 1 is 0.895 bits per heavy atom. The quantitative estimate of drug-likeness (QED) is 0.518. The number of piperazine rings is 2. The number of nitrogens with one attached hydrogen (secondary N) is 2. The number of hydrogen-bond donors (Lipinski definition) is 2. The number of anilines is 3. The molecular formula is C28H34ClN7O2. The number of hydrogen-bond acceptors (Lipinski definition) is 6. The number of amides is 2. The first-order valence-electron chi connectivity index (χ1n) is 13.1. The molecule has 10 heteroatoms. The van der Waals surface area contributed by atoms with Crippen molar-refractivity contribution in [3.8, 4) is 0 Å². The van der Waals surface area contributed by atoms with Gasteiger partial charge >= 0.3 is 6.03 Å². The fraction of sp³-hybridized carbons (Fsp3) is 0.393. The lowest BCUT2D eigenvalue weighted by Crippen LogP contribution is -2.51. The molecule has 2 amide bonds. The summed E-state index contributed by atoms with van der Waals surface area (Å²) < 4.78 is 0. The van der Waals surface area contributed by atoms with E-state index in [1.165, 1.54) is 16.8 Å². The lowest BCUT2D eigenvalue weighted by Gasteiger charge is -2.36. The molecule has 2 aliphatic rings. The number of rotatable bonds is 5. The Morgan fingerprint density at radius 2 is 1.58 bits per heavy atom. The summed E-state index contributed by atoms with van der Waals surface area (Å²) in [6.07, 6.45) is 0. The van der Waals surface area contributed by atoms with Gasteiger partial charge in [0.2, 0.25) is 5.95 Å². The standard InChI is InChI=1S/C28H34ClN7O2/c1-20-3-8-25(17-21(20)2)34-11-9-33(10-12-34)19-24-18-26(37)32-27(30-24)35-13-15-36(16-14-35)28(38)31-23-6-4-22(29)5-7-23/h3-8,17-18H,9-16,19H2,1-2H3,(H,31,38)(H,30,32,37). The molecule has 2 aromatic carbocycles. The molecule has 0 bridgehead atoms. The van der Waals surface area contributed by atoms with Gasteiger partial charge in [-0.15, -0.1) is 0 Å². The zero-order valence-corrected chi connectivity index (χ0v) is 22.7. The molecule has 200 valence electrons. The van der Waals surface area contributed by atoms with E-state index in [4.69, 9.17) is 16.6 Å². The number of halogens is 1. The minimum Gasteiger partial charge on any atom is -0.369 e. The van der Waals surface area contributed by atoms with Gasteiger partial charge in [-0.3, -0.25) is 14.7 Å². The highest BCUT2D eigenvalue weighted by Gasteiger charge is 2.24. The maximum absolute atomic E-state index is 12.7. The largest absolute Gasteiger partial charge is 0.369 e. The van der Waals surface area contributed by atoms with Gasteiger partial charge in [-0.25, -0.2) is 9.78 Å². The Bertz CT molecular complexity index is 1330. The van der Waals surface area contributed by atoms with E-state index >= 15 is 0 Å². The molecule has 5 rings (SSSR count). The molecule has 38 heavy (non-hydrogen) atoms. The van der Waals surface area contributed by atoms with Gasteiger partial charge in [-0.05, 0) is 61.4 Å². The van der Waals surface area contributed by atoms with Gasteiger partial charge in [-0.2, -0.15) is 0 Å². The third-order valence-corrected chi connectivity index (χ3v) is 7.61. The molecule has 2 N–H and O–H groups in total. The Kier molecular flexibility index (Phi) is 7.85. The number of carbonyl (C=O) groups is 1. The first kappa shape index (κ1) is 26.1. The van der Waals surface area contributed by atoms with Crippen LogP contribution in [-0.4, -0.2) is 78.2 Å². The van der Waals surface area contributed by atoms with Gasteiger partial charge in [0.25, 0.3) is 5.56 Å². The van der Waals surface area contributed by atoms with Crippen LogP contribution in [0.25, 0.3) is 0 Å². The van der Waals surface area contributed by atoms with Crippen molar-refractivity contribution in [2.75, 3.05) is 67.5 Å². The third kappa shape index (κ3) is 6.28. The van der Waals surface area contributed by atoms with Crippen LogP contribution >= 0.6 is 11.6 Å². The van der Waals surface area contributed by atoms with Crippen LogP contribution < -0.4 is 20.7 Å². The molecule has 2 fully saturated rings. The van der Waals surface area contributed by atoms with Crippen LogP contribution in [0.2, 0.25) is 5.02 Å². The van der Waals surface area contributed by atoms with Crippen molar-refractivity contribution in [3.63, 3.8) is 0 Å². The number of benzene rings is 2. The highest BCUT2D eigenvalue weighted by Crippen LogP contribution is 2.21. The molecule has 0 saturated carbocycles. The minimum atomic E-state index is -0.151. The number of H-pyrrole nitrogens is 1. The molecular weight excluding hydrogens is 502 g/mol. The molecule has 0 aliphatic carbocycles. The molecule has 1 aromatic heterocycles. The van der Waals surface area contributed by atoms with Gasteiger partial charge in [0.15, 0.2) is 0 Å². The molecule has 0 spiro atoms. The monoisotopic (exact) mass is 535 g/mol. The summed E-state index contributed by atoms with van der Waals surface area (Å²) in [7, 11) is 0. The van der Waals surface area contributed by atoms with Crippen LogP contribution in [0.15, 0.2) is 53.3 Å². The molecule has 2 aliphatic heterocycles. The lowest BCUT2D eigenvalue weighted by molar-refractivity contribution is 0.208. The number of aromatic amines is 1. The fourth-order valence-electron chi connectivity index (χ4n) is 4.90. The van der Waals surface area contributed by atoms with E-state index in [1.54, 1.807) is 35.2 Å². The lowest BCUT2D eigenvalue weighted by atomic mass is 10.1. The summed E-state index contributed by atoms with van der Waals surface area (Å²) >= 11 is 5.92. The van der Waals surface area contributed by atoms with Gasteiger partial charge in [0.05, 0.1) is 5.69 Å². The van der Waals surface area contributed by atoms with Gasteiger partial charge in [0.1, 0.15) is 0 Å². The van der Waals surface area contributed by atoms with Crippen LogP contribution in [-0.2, 0) is 6.54 Å². The number of nitrogens with zero attached hydrogens (tertiary/aromatic N) is 5.